The molecule has 6 heteroatoms. The van der Waals surface area contributed by atoms with Crippen molar-refractivity contribution in [3.05, 3.63) is 59.7 Å². The Kier molecular flexibility index (Phi) is 3.92. The van der Waals surface area contributed by atoms with Crippen molar-refractivity contribution in [1.29, 1.82) is 0 Å². The quantitative estimate of drug-likeness (QED) is 0.796. The van der Waals surface area contributed by atoms with Gasteiger partial charge in [0, 0.05) is 30.9 Å². The molecule has 3 heterocycles. The van der Waals surface area contributed by atoms with E-state index >= 15 is 0 Å². The predicted octanol–water partition coefficient (Wildman–Crippen LogP) is 2.92. The van der Waals surface area contributed by atoms with Crippen LogP contribution < -0.4 is 4.90 Å². The highest BCUT2D eigenvalue weighted by Gasteiger charge is 2.34. The first-order valence-corrected chi connectivity index (χ1v) is 8.66. The van der Waals surface area contributed by atoms with E-state index in [9.17, 15) is 9.50 Å². The van der Waals surface area contributed by atoms with Crippen LogP contribution in [0.25, 0.3) is 5.65 Å². The van der Waals surface area contributed by atoms with Crippen LogP contribution in [0.4, 0.5) is 10.2 Å². The lowest BCUT2D eigenvalue weighted by Gasteiger charge is -2.39. The van der Waals surface area contributed by atoms with Crippen LogP contribution in [-0.2, 0) is 12.0 Å². The van der Waals surface area contributed by atoms with Crippen molar-refractivity contribution >= 4 is 11.5 Å². The average molecular weight is 340 g/mol. The van der Waals surface area contributed by atoms with Gasteiger partial charge in [-0.2, -0.15) is 9.61 Å². The molecule has 0 spiro atoms. The number of benzene rings is 1. The molecule has 0 bridgehead atoms. The molecule has 1 N–H and O–H groups in total. The number of nitrogens with zero attached hydrogens (tertiary/aromatic N) is 4. The van der Waals surface area contributed by atoms with Gasteiger partial charge < -0.3 is 10.0 Å². The molecular formula is C19H21FN4O. The van der Waals surface area contributed by atoms with Gasteiger partial charge in [-0.15, -0.1) is 0 Å². The molecule has 1 aliphatic heterocycles. The molecule has 1 aliphatic rings. The van der Waals surface area contributed by atoms with Crippen LogP contribution in [0.1, 0.15) is 31.0 Å². The van der Waals surface area contributed by atoms with Crippen molar-refractivity contribution in [2.24, 2.45) is 0 Å². The minimum absolute atomic E-state index is 0.283. The maximum Gasteiger partial charge on any atom is 0.157 e. The van der Waals surface area contributed by atoms with E-state index in [0.29, 0.717) is 25.9 Å². The minimum Gasteiger partial charge on any atom is -0.385 e. The molecule has 0 aliphatic carbocycles. The Labute approximate surface area is 145 Å². The monoisotopic (exact) mass is 340 g/mol. The second kappa shape index (κ2) is 6.11. The number of anilines is 1. The van der Waals surface area contributed by atoms with Gasteiger partial charge in [0.05, 0.1) is 11.8 Å². The van der Waals surface area contributed by atoms with E-state index in [1.54, 1.807) is 18.3 Å². The number of rotatable bonds is 3. The van der Waals surface area contributed by atoms with Gasteiger partial charge in [0.1, 0.15) is 11.6 Å². The van der Waals surface area contributed by atoms with Crippen LogP contribution in [0.15, 0.2) is 42.6 Å². The summed E-state index contributed by atoms with van der Waals surface area (Å²) in [4.78, 5) is 6.82. The molecule has 25 heavy (non-hydrogen) atoms. The largest absolute Gasteiger partial charge is 0.385 e. The summed E-state index contributed by atoms with van der Waals surface area (Å²) in [7, 11) is 0. The van der Waals surface area contributed by atoms with E-state index in [1.165, 1.54) is 12.1 Å². The van der Waals surface area contributed by atoms with Crippen molar-refractivity contribution in [2.75, 3.05) is 18.0 Å². The zero-order valence-corrected chi connectivity index (χ0v) is 14.2. The Morgan fingerprint density at radius 3 is 2.56 bits per heavy atom. The van der Waals surface area contributed by atoms with E-state index in [1.807, 2.05) is 10.6 Å². The SMILES string of the molecule is CCc1cc(N2CCC(O)(c3ccc(F)cc3)CC2)n2nccc2n1. The van der Waals surface area contributed by atoms with Crippen molar-refractivity contribution in [2.45, 2.75) is 31.8 Å². The lowest BCUT2D eigenvalue weighted by molar-refractivity contribution is 0.0115. The first-order chi connectivity index (χ1) is 12.1. The highest BCUT2D eigenvalue weighted by atomic mass is 19.1. The van der Waals surface area contributed by atoms with Gasteiger partial charge in [-0.25, -0.2) is 9.37 Å². The molecule has 3 aromatic rings. The zero-order chi connectivity index (χ0) is 17.4. The lowest BCUT2D eigenvalue weighted by Crippen LogP contribution is -2.43. The van der Waals surface area contributed by atoms with Crippen LogP contribution in [0, 0.1) is 5.82 Å². The second-order valence-electron chi connectivity index (χ2n) is 6.59. The number of hydrogen-bond acceptors (Lipinski definition) is 4. The molecule has 1 saturated heterocycles. The first-order valence-electron chi connectivity index (χ1n) is 8.66. The fourth-order valence-electron chi connectivity index (χ4n) is 3.51. The number of fused-ring (bicyclic) bond motifs is 1. The molecule has 5 nitrogen and oxygen atoms in total. The van der Waals surface area contributed by atoms with E-state index < -0.39 is 5.60 Å². The van der Waals surface area contributed by atoms with Crippen molar-refractivity contribution in [3.63, 3.8) is 0 Å². The Bertz CT molecular complexity index is 882. The summed E-state index contributed by atoms with van der Waals surface area (Å²) in [5.74, 6) is 0.725. The minimum atomic E-state index is -0.909. The predicted molar refractivity (Wildman–Crippen MR) is 94.1 cm³/mol. The summed E-state index contributed by atoms with van der Waals surface area (Å²) in [5.41, 5.74) is 1.74. The lowest BCUT2D eigenvalue weighted by atomic mass is 9.84. The molecule has 130 valence electrons. The summed E-state index contributed by atoms with van der Waals surface area (Å²) in [6.45, 7) is 3.49. The van der Waals surface area contributed by atoms with Crippen molar-refractivity contribution < 1.29 is 9.50 Å². The number of aliphatic hydroxyl groups is 1. The van der Waals surface area contributed by atoms with Gasteiger partial charge in [0.2, 0.25) is 0 Å². The Balaban J connectivity index is 1.60. The Morgan fingerprint density at radius 2 is 1.88 bits per heavy atom. The van der Waals surface area contributed by atoms with Gasteiger partial charge in [0.25, 0.3) is 0 Å². The number of piperidine rings is 1. The topological polar surface area (TPSA) is 53.7 Å². The van der Waals surface area contributed by atoms with Crippen LogP contribution in [0.5, 0.6) is 0 Å². The Morgan fingerprint density at radius 1 is 1.16 bits per heavy atom. The third-order valence-electron chi connectivity index (χ3n) is 5.05. The molecule has 0 saturated carbocycles. The summed E-state index contributed by atoms with van der Waals surface area (Å²) in [5, 5.41) is 15.4. The molecule has 0 atom stereocenters. The van der Waals surface area contributed by atoms with Crippen molar-refractivity contribution in [1.82, 2.24) is 14.6 Å². The zero-order valence-electron chi connectivity index (χ0n) is 14.2. The fourth-order valence-corrected chi connectivity index (χ4v) is 3.51. The highest BCUT2D eigenvalue weighted by Crippen LogP contribution is 2.34. The van der Waals surface area contributed by atoms with Crippen molar-refractivity contribution in [3.8, 4) is 0 Å². The smallest absolute Gasteiger partial charge is 0.157 e. The molecule has 0 amide bonds. The molecule has 4 rings (SSSR count). The number of aromatic nitrogens is 3. The maximum atomic E-state index is 13.1. The van der Waals surface area contributed by atoms with E-state index in [2.05, 4.69) is 28.0 Å². The van der Waals surface area contributed by atoms with Crippen LogP contribution >= 0.6 is 0 Å². The van der Waals surface area contributed by atoms with E-state index in [4.69, 9.17) is 0 Å². The third kappa shape index (κ3) is 2.87. The number of aryl methyl sites for hydroxylation is 1. The summed E-state index contributed by atoms with van der Waals surface area (Å²) in [6, 6.07) is 10.1. The first kappa shape index (κ1) is 16.0. The van der Waals surface area contributed by atoms with E-state index in [-0.39, 0.29) is 5.82 Å². The molecule has 2 aromatic heterocycles. The molecule has 1 fully saturated rings. The highest BCUT2D eigenvalue weighted by molar-refractivity contribution is 5.51. The van der Waals surface area contributed by atoms with Crippen LogP contribution in [0.3, 0.4) is 0 Å². The van der Waals surface area contributed by atoms with Crippen LogP contribution in [0.2, 0.25) is 0 Å². The third-order valence-corrected chi connectivity index (χ3v) is 5.05. The van der Waals surface area contributed by atoms with Crippen LogP contribution in [-0.4, -0.2) is 32.8 Å². The second-order valence-corrected chi connectivity index (χ2v) is 6.59. The average Bonchev–Trinajstić information content (AvgIpc) is 3.10. The van der Waals surface area contributed by atoms with Gasteiger partial charge in [-0.1, -0.05) is 19.1 Å². The summed E-state index contributed by atoms with van der Waals surface area (Å²) < 4.78 is 15.0. The standard InChI is InChI=1S/C19H21FN4O/c1-2-16-13-18(24-17(22-16)7-10-21-24)23-11-8-19(25,9-12-23)14-3-5-15(20)6-4-14/h3-7,10,13,25H,2,8-9,11-12H2,1H3. The number of halogens is 1. The normalized spacial score (nSPS) is 17.2. The summed E-state index contributed by atoms with van der Waals surface area (Å²) >= 11 is 0. The van der Waals surface area contributed by atoms with Gasteiger partial charge in [0.15, 0.2) is 5.65 Å². The molecular weight excluding hydrogens is 319 g/mol. The van der Waals surface area contributed by atoms with E-state index in [0.717, 1.165) is 29.1 Å². The van der Waals surface area contributed by atoms with Gasteiger partial charge in [-0.3, -0.25) is 0 Å². The summed E-state index contributed by atoms with van der Waals surface area (Å²) in [6.07, 6.45) is 3.79. The van der Waals surface area contributed by atoms with Gasteiger partial charge >= 0.3 is 0 Å². The Hall–Kier alpha value is -2.47. The molecule has 1 aromatic carbocycles. The fraction of sp³-hybridized carbons (Fsp3) is 0.368. The molecule has 0 radical (unpaired) electrons. The molecule has 0 unspecified atom stereocenters. The number of hydrogen-bond donors (Lipinski definition) is 1. The maximum absolute atomic E-state index is 13.1. The van der Waals surface area contributed by atoms with Gasteiger partial charge in [-0.05, 0) is 37.0 Å².